The lowest BCUT2D eigenvalue weighted by atomic mass is 9.84. The van der Waals surface area contributed by atoms with E-state index in [2.05, 4.69) is 140 Å². The smallest absolute Gasteiger partial charge is 0.410 e. The molecule has 16 rings (SSSR count). The van der Waals surface area contributed by atoms with E-state index in [4.69, 9.17) is 103 Å². The van der Waals surface area contributed by atoms with E-state index in [-0.39, 0.29) is 66.2 Å². The fourth-order valence-electron chi connectivity index (χ4n) is 17.1. The number of carbonyl (C=O) groups is 5. The average Bonchev–Trinajstić information content (AvgIpc) is 1.01. The summed E-state index contributed by atoms with van der Waals surface area (Å²) in [5.74, 6) is 1.02. The lowest BCUT2D eigenvalue weighted by Gasteiger charge is -2.42. The second-order valence-electron chi connectivity index (χ2n) is 40.2. The Morgan fingerprint density at radius 2 is 0.660 bits per heavy atom. The van der Waals surface area contributed by atoms with Crippen molar-refractivity contribution in [2.45, 2.75) is 243 Å². The molecule has 9 saturated heterocycles. The summed E-state index contributed by atoms with van der Waals surface area (Å²) in [6, 6.07) is 26.8. The summed E-state index contributed by atoms with van der Waals surface area (Å²) in [6.45, 7) is 44.8. The van der Waals surface area contributed by atoms with Crippen LogP contribution in [0, 0.1) is 10.7 Å². The third-order valence-electron chi connectivity index (χ3n) is 24.6. The van der Waals surface area contributed by atoms with E-state index in [1.54, 1.807) is 62.7 Å². The minimum Gasteiger partial charge on any atom is -0.444 e. The summed E-state index contributed by atoms with van der Waals surface area (Å²) in [5.41, 5.74) is 0.439. The zero-order valence-electron chi connectivity index (χ0n) is 85.7. The number of aromatic nitrogens is 7. The molecule has 0 aromatic carbocycles. The number of hydrogen-bond acceptors (Lipinski definition) is 25. The van der Waals surface area contributed by atoms with Crippen molar-refractivity contribution in [1.29, 1.82) is 0 Å². The molecule has 0 saturated carbocycles. The first-order chi connectivity index (χ1) is 67.4. The number of ether oxygens (including phenoxy) is 7. The number of carbonyl (C=O) groups excluding carboxylic acids is 5. The molecule has 7 aromatic rings. The van der Waals surface area contributed by atoms with Crippen LogP contribution in [0.3, 0.4) is 0 Å². The van der Waals surface area contributed by atoms with Gasteiger partial charge in [0.15, 0.2) is 0 Å². The van der Waals surface area contributed by atoms with Gasteiger partial charge in [-0.15, -0.1) is 36.4 Å². The van der Waals surface area contributed by atoms with Gasteiger partial charge in [-0.3, -0.25) is 14.8 Å². The maximum atomic E-state index is 12.4. The van der Waals surface area contributed by atoms with Crippen LogP contribution in [0.4, 0.5) is 19.2 Å². The molecule has 0 radical (unpaired) electrons. The summed E-state index contributed by atoms with van der Waals surface area (Å²) in [7, 11) is 0. The maximum Gasteiger partial charge on any atom is 0.410 e. The average molecular weight is 2500 g/mol. The molecule has 9 fully saturated rings. The normalized spacial score (nSPS) is 18.2. The van der Waals surface area contributed by atoms with Crippen molar-refractivity contribution >= 4 is 192 Å². The number of pyridine rings is 7. The maximum absolute atomic E-state index is 12.4. The third-order valence-corrected chi connectivity index (χ3v) is 28.5. The van der Waals surface area contributed by atoms with Gasteiger partial charge in [-0.2, -0.15) is 0 Å². The van der Waals surface area contributed by atoms with E-state index in [0.29, 0.717) is 123 Å². The molecule has 0 atom stereocenters. The molecular formula is C104H151Cl8I3N16O13. The quantitative estimate of drug-likeness (QED) is 0.0349. The molecule has 0 aliphatic carbocycles. The van der Waals surface area contributed by atoms with Crippen LogP contribution in [0.15, 0.2) is 141 Å². The first kappa shape index (κ1) is 128. The highest BCUT2D eigenvalue weighted by molar-refractivity contribution is 14.1. The first-order valence-electron chi connectivity index (χ1n) is 49.5. The van der Waals surface area contributed by atoms with Gasteiger partial charge in [0.05, 0.1) is 45.8 Å². The predicted octanol–water partition coefficient (Wildman–Crippen LogP) is 23.0. The Morgan fingerprint density at radius 3 is 0.958 bits per heavy atom. The van der Waals surface area contributed by atoms with Crippen LogP contribution in [-0.2, 0) is 60.4 Å². The minimum absolute atomic E-state index is 0. The largest absolute Gasteiger partial charge is 0.444 e. The highest BCUT2D eigenvalue weighted by Gasteiger charge is 2.44. The van der Waals surface area contributed by atoms with Crippen LogP contribution >= 0.6 is 162 Å². The molecule has 16 heterocycles. The Hall–Kier alpha value is -5.05. The van der Waals surface area contributed by atoms with Crippen molar-refractivity contribution in [1.82, 2.24) is 79.4 Å². The van der Waals surface area contributed by atoms with Gasteiger partial charge in [0.1, 0.15) is 54.0 Å². The fraction of sp³-hybridized carbons (Fsp3) is 0.615. The van der Waals surface area contributed by atoms with E-state index in [9.17, 15) is 29.1 Å². The third kappa shape index (κ3) is 47.9. The standard InChI is InChI=1S/C21H32ClN3O3.C21H33N3O3.C16H25N3O.C15H21ClN2O3.C10H17NO3.C6H12ClN.3C5H3ClIN.2ClH/c1-20(2,3)28-19(26)25-12-7-21(8-13-25,17-6-9-23-18(22)16-17)27-15-14-24-10-4-5-11-24;1-20(2,3)27-19(25)24-14-8-21(9-15-24,18-6-10-22-11-7-18)26-17-16-23-12-4-5-13-23;1-2-12-19(11-1)13-14-20-16(5-9-18-10-6-16)15-3-7-17-8-4-15;1-14(2,3)21-13(19)18-8-5-15(20,6-9-18)11-4-7-17-12(16)10-11;1-10(2,3)14-9(13)11-6-4-8(12)5-7-11;7-3-6-8-4-1-2-5-8;2*6-5-3-4(7)1-2-8-5;6-5-4(7)2-1-3-8-5;;/h6,9,16H,4-5,7-8,10-15H2,1-3H3;6-7,10-11H,4-5,8-9,12-17H2,1-3H3;3-4,7-8,18H,1-2,5-6,9-14H2;4,7,10,20H,5-6,8-9H2,1-3H3;4-7H2,1-3H3;1-6H2;3*1-3H;2*1H. The monoisotopic (exact) mass is 2490 g/mol. The van der Waals surface area contributed by atoms with Crippen LogP contribution in [0.25, 0.3) is 0 Å². The SMILES string of the molecule is CC(C)(C)OC(=O)N1CCC(=O)CC1.CC(C)(C)OC(=O)N1CCC(O)(c2ccnc(Cl)c2)CC1.CC(C)(C)OC(=O)N1CCC(OCCN2CCCC2)(c2ccnc(Cl)c2)CC1.CC(C)(C)OC(=O)N1CCC(OCCN2CCCC2)(c2ccncc2)CC1.Cl.Cl.ClCCN1CCCC1.Clc1cc(I)ccn1.Clc1cc(I)ccn1.Clc1ncccc1I.c1cc(C2(OCCN3CCCC3)CCNCC2)ccn1. The van der Waals surface area contributed by atoms with Crippen LogP contribution in [-0.4, -0.2) is 301 Å². The van der Waals surface area contributed by atoms with Gasteiger partial charge in [0.25, 0.3) is 0 Å². The Bertz CT molecular complexity index is 4770. The Labute approximate surface area is 937 Å². The Morgan fingerprint density at radius 1 is 0.368 bits per heavy atom. The van der Waals surface area contributed by atoms with E-state index < -0.39 is 33.6 Å². The van der Waals surface area contributed by atoms with Gasteiger partial charge in [-0.05, 0) is 426 Å². The van der Waals surface area contributed by atoms with E-state index in [1.165, 1.54) is 96.2 Å². The van der Waals surface area contributed by atoms with Crippen molar-refractivity contribution in [3.05, 3.63) is 199 Å². The molecule has 40 heteroatoms. The molecule has 0 bridgehead atoms. The van der Waals surface area contributed by atoms with Crippen molar-refractivity contribution < 1.29 is 62.2 Å². The van der Waals surface area contributed by atoms with Crippen LogP contribution in [0.2, 0.25) is 25.8 Å². The molecule has 144 heavy (non-hydrogen) atoms. The summed E-state index contributed by atoms with van der Waals surface area (Å²) < 4.78 is 44.2. The number of halogens is 11. The molecule has 29 nitrogen and oxygen atoms in total. The number of nitrogens with zero attached hydrogens (tertiary/aromatic N) is 15. The highest BCUT2D eigenvalue weighted by atomic mass is 127. The van der Waals surface area contributed by atoms with Crippen LogP contribution in [0.5, 0.6) is 0 Å². The van der Waals surface area contributed by atoms with Crippen molar-refractivity contribution in [3.63, 3.8) is 0 Å². The molecule has 9 aliphatic rings. The summed E-state index contributed by atoms with van der Waals surface area (Å²) >= 11 is 40.7. The summed E-state index contributed by atoms with van der Waals surface area (Å²) in [5, 5.41) is 16.7. The van der Waals surface area contributed by atoms with Gasteiger partial charge in [0.2, 0.25) is 0 Å². The molecule has 9 aliphatic heterocycles. The molecule has 802 valence electrons. The van der Waals surface area contributed by atoms with Crippen molar-refractivity contribution in [2.24, 2.45) is 0 Å². The fourth-order valence-corrected chi connectivity index (χ4v) is 19.8. The van der Waals surface area contributed by atoms with Crippen molar-refractivity contribution in [2.75, 3.05) is 170 Å². The van der Waals surface area contributed by atoms with E-state index in [0.717, 1.165) is 125 Å². The number of piperidine rings is 5. The molecule has 4 amide bonds. The number of nitrogens with one attached hydrogen (secondary N) is 1. The molecule has 7 aromatic heterocycles. The molecule has 0 spiro atoms. The minimum atomic E-state index is -0.967. The molecule has 2 N–H and O–H groups in total. The van der Waals surface area contributed by atoms with E-state index >= 15 is 0 Å². The first-order valence-corrected chi connectivity index (χ1v) is 55.2. The van der Waals surface area contributed by atoms with Crippen LogP contribution < -0.4 is 5.32 Å². The number of ketones is 1. The lowest BCUT2D eigenvalue weighted by molar-refractivity contribution is -0.121. The van der Waals surface area contributed by atoms with Gasteiger partial charge in [-0.25, -0.2) is 44.1 Å². The second kappa shape index (κ2) is 64.7. The van der Waals surface area contributed by atoms with Gasteiger partial charge < -0.3 is 82.8 Å². The zero-order valence-corrected chi connectivity index (χ0v) is 98.3. The number of aliphatic hydroxyl groups is 1. The number of likely N-dealkylation sites (tertiary alicyclic amines) is 8. The van der Waals surface area contributed by atoms with Gasteiger partial charge >= 0.3 is 24.4 Å². The Kier molecular flexibility index (Phi) is 57.3. The van der Waals surface area contributed by atoms with Crippen molar-refractivity contribution in [3.8, 4) is 0 Å². The number of amides is 4. The number of Topliss-reactive ketones (excluding diaryl/α,β-unsaturated/α-hetero) is 1. The highest BCUT2D eigenvalue weighted by Crippen LogP contribution is 2.41. The van der Waals surface area contributed by atoms with E-state index in [1.807, 2.05) is 169 Å². The number of alkyl halides is 1. The van der Waals surface area contributed by atoms with Gasteiger partial charge in [-0.1, -0.05) is 58.0 Å². The number of hydrogen-bond donors (Lipinski definition) is 2. The number of rotatable bonds is 18. The Balaban J connectivity index is 0.000000257. The molecule has 0 unspecified atom stereocenters. The lowest BCUT2D eigenvalue weighted by Crippen LogP contribution is -2.48. The van der Waals surface area contributed by atoms with Gasteiger partial charge in [0, 0.05) is 160 Å². The predicted molar refractivity (Wildman–Crippen MR) is 603 cm³/mol. The topological polar surface area (TPSA) is 298 Å². The second-order valence-corrected chi connectivity index (χ2v) is 46.1. The zero-order chi connectivity index (χ0) is 103. The molecular weight excluding hydrogens is 2350 g/mol. The van der Waals surface area contributed by atoms with Crippen LogP contribution in [0.1, 0.15) is 221 Å². The summed E-state index contributed by atoms with van der Waals surface area (Å²) in [4.78, 5) is 104. The summed E-state index contributed by atoms with van der Waals surface area (Å²) in [6.07, 6.45) is 32.1.